The van der Waals surface area contributed by atoms with E-state index in [0.29, 0.717) is 5.65 Å². The van der Waals surface area contributed by atoms with Gasteiger partial charge in [0.05, 0.1) is 11.0 Å². The molecule has 0 aliphatic rings. The largest absolute Gasteiger partial charge is 0.455 e. The quantitative estimate of drug-likeness (QED) is 0.637. The highest BCUT2D eigenvalue weighted by Crippen LogP contribution is 2.17. The van der Waals surface area contributed by atoms with Crippen LogP contribution in [0.3, 0.4) is 0 Å². The van der Waals surface area contributed by atoms with E-state index >= 15 is 0 Å². The molecule has 5 nitrogen and oxygen atoms in total. The second-order valence-corrected chi connectivity index (χ2v) is 5.60. The number of fused-ring (bicyclic) bond motifs is 3. The monoisotopic (exact) mass is 269 g/mol. The van der Waals surface area contributed by atoms with Gasteiger partial charge in [0.1, 0.15) is 17.6 Å². The summed E-state index contributed by atoms with van der Waals surface area (Å²) >= 11 is 0. The van der Waals surface area contributed by atoms with Gasteiger partial charge in [-0.15, -0.1) is 0 Å². The number of carbonyl (C=O) groups is 1. The molecule has 0 spiro atoms. The highest BCUT2D eigenvalue weighted by atomic mass is 16.6. The van der Waals surface area contributed by atoms with Gasteiger partial charge in [-0.1, -0.05) is 12.1 Å². The van der Waals surface area contributed by atoms with Crippen molar-refractivity contribution in [1.82, 2.24) is 14.4 Å². The van der Waals surface area contributed by atoms with Gasteiger partial charge in [-0.05, 0) is 32.9 Å². The van der Waals surface area contributed by atoms with Crippen LogP contribution in [0.25, 0.3) is 16.7 Å². The molecule has 5 heteroatoms. The molecule has 1 aromatic carbocycles. The van der Waals surface area contributed by atoms with Gasteiger partial charge in [0, 0.05) is 6.07 Å². The van der Waals surface area contributed by atoms with E-state index in [4.69, 9.17) is 4.74 Å². The Bertz CT molecular complexity index is 800. The van der Waals surface area contributed by atoms with E-state index in [-0.39, 0.29) is 5.69 Å². The van der Waals surface area contributed by atoms with Gasteiger partial charge in [0.15, 0.2) is 5.69 Å². The lowest BCUT2D eigenvalue weighted by Gasteiger charge is -2.18. The van der Waals surface area contributed by atoms with Crippen LogP contribution in [0.5, 0.6) is 0 Å². The van der Waals surface area contributed by atoms with Crippen LogP contribution in [0, 0.1) is 0 Å². The van der Waals surface area contributed by atoms with Crippen molar-refractivity contribution >= 4 is 22.6 Å². The number of para-hydroxylation sites is 2. The van der Waals surface area contributed by atoms with Crippen LogP contribution in [0.4, 0.5) is 0 Å². The first-order valence-corrected chi connectivity index (χ1v) is 6.40. The van der Waals surface area contributed by atoms with Crippen LogP contribution in [0.1, 0.15) is 31.3 Å². The van der Waals surface area contributed by atoms with Crippen molar-refractivity contribution < 1.29 is 9.53 Å². The third kappa shape index (κ3) is 2.22. The average Bonchev–Trinajstić information content (AvgIpc) is 2.74. The Kier molecular flexibility index (Phi) is 2.71. The first kappa shape index (κ1) is 12.6. The number of aromatic nitrogens is 3. The minimum atomic E-state index is -0.537. The van der Waals surface area contributed by atoms with Crippen LogP contribution in [0.15, 0.2) is 36.7 Å². The van der Waals surface area contributed by atoms with E-state index in [1.54, 1.807) is 12.4 Å². The van der Waals surface area contributed by atoms with E-state index in [1.807, 2.05) is 49.4 Å². The number of carbonyl (C=O) groups excluding carboxylic acids is 1. The Morgan fingerprint density at radius 3 is 2.75 bits per heavy atom. The number of ether oxygens (including phenoxy) is 1. The molecule has 0 aliphatic carbocycles. The maximum Gasteiger partial charge on any atom is 0.357 e. The summed E-state index contributed by atoms with van der Waals surface area (Å²) in [5.41, 5.74) is 2.25. The molecule has 0 saturated carbocycles. The molecule has 20 heavy (non-hydrogen) atoms. The number of rotatable bonds is 1. The third-order valence-corrected chi connectivity index (χ3v) is 2.81. The Labute approximate surface area is 116 Å². The van der Waals surface area contributed by atoms with Gasteiger partial charge < -0.3 is 4.74 Å². The molecule has 0 atom stereocenters. The fraction of sp³-hybridized carbons (Fsp3) is 0.267. The number of esters is 1. The molecule has 3 rings (SSSR count). The Morgan fingerprint density at radius 1 is 1.25 bits per heavy atom. The smallest absolute Gasteiger partial charge is 0.357 e. The zero-order chi connectivity index (χ0) is 14.3. The van der Waals surface area contributed by atoms with Crippen LogP contribution < -0.4 is 0 Å². The third-order valence-electron chi connectivity index (χ3n) is 2.81. The summed E-state index contributed by atoms with van der Waals surface area (Å²) in [6, 6.07) is 9.41. The van der Waals surface area contributed by atoms with Crippen LogP contribution in [-0.4, -0.2) is 25.9 Å². The van der Waals surface area contributed by atoms with Gasteiger partial charge in [-0.3, -0.25) is 4.40 Å². The van der Waals surface area contributed by atoms with E-state index in [2.05, 4.69) is 9.97 Å². The minimum absolute atomic E-state index is 0.266. The van der Waals surface area contributed by atoms with Crippen molar-refractivity contribution in [2.75, 3.05) is 0 Å². The zero-order valence-electron chi connectivity index (χ0n) is 11.6. The predicted octanol–water partition coefficient (Wildman–Crippen LogP) is 2.84. The number of imidazole rings is 1. The molecule has 0 radical (unpaired) electrons. The van der Waals surface area contributed by atoms with Crippen molar-refractivity contribution in [1.29, 1.82) is 0 Å². The Morgan fingerprint density at radius 2 is 2.00 bits per heavy atom. The molecule has 0 bridgehead atoms. The number of benzene rings is 1. The predicted molar refractivity (Wildman–Crippen MR) is 75.7 cm³/mol. The molecular weight excluding hydrogens is 254 g/mol. The maximum atomic E-state index is 12.0. The number of nitrogens with zero attached hydrogens (tertiary/aromatic N) is 3. The van der Waals surface area contributed by atoms with Gasteiger partial charge in [0.25, 0.3) is 0 Å². The first-order valence-electron chi connectivity index (χ1n) is 6.40. The summed E-state index contributed by atoms with van der Waals surface area (Å²) < 4.78 is 7.16. The lowest BCUT2D eigenvalue weighted by atomic mass is 10.2. The Balaban J connectivity index is 2.07. The molecule has 0 unspecified atom stereocenters. The second-order valence-electron chi connectivity index (χ2n) is 5.60. The molecule has 0 amide bonds. The van der Waals surface area contributed by atoms with Crippen LogP contribution in [-0.2, 0) is 4.74 Å². The van der Waals surface area contributed by atoms with E-state index in [9.17, 15) is 4.79 Å². The lowest BCUT2D eigenvalue weighted by Crippen LogP contribution is -2.24. The zero-order valence-corrected chi connectivity index (χ0v) is 11.6. The highest BCUT2D eigenvalue weighted by Gasteiger charge is 2.19. The summed E-state index contributed by atoms with van der Waals surface area (Å²) in [7, 11) is 0. The molecule has 102 valence electrons. The SMILES string of the molecule is CC(C)(C)OC(=O)c1cc2nc3ccccc3n2cn1. The Hall–Kier alpha value is -2.43. The van der Waals surface area contributed by atoms with Crippen LogP contribution >= 0.6 is 0 Å². The van der Waals surface area contributed by atoms with E-state index < -0.39 is 11.6 Å². The molecule has 2 heterocycles. The first-order chi connectivity index (χ1) is 9.44. The van der Waals surface area contributed by atoms with Crippen molar-refractivity contribution in [3.8, 4) is 0 Å². The number of hydrogen-bond acceptors (Lipinski definition) is 4. The maximum absolute atomic E-state index is 12.0. The fourth-order valence-corrected chi connectivity index (χ4v) is 2.01. The molecule has 0 aliphatic heterocycles. The van der Waals surface area contributed by atoms with Gasteiger partial charge >= 0.3 is 5.97 Å². The fourth-order valence-electron chi connectivity index (χ4n) is 2.01. The van der Waals surface area contributed by atoms with Gasteiger partial charge in [-0.2, -0.15) is 0 Å². The van der Waals surface area contributed by atoms with E-state index in [0.717, 1.165) is 11.0 Å². The van der Waals surface area contributed by atoms with Crippen LogP contribution in [0.2, 0.25) is 0 Å². The van der Waals surface area contributed by atoms with Crippen molar-refractivity contribution in [3.63, 3.8) is 0 Å². The highest BCUT2D eigenvalue weighted by molar-refractivity contribution is 5.89. The summed E-state index contributed by atoms with van der Waals surface area (Å²) in [6.45, 7) is 5.48. The topological polar surface area (TPSA) is 56.5 Å². The molecule has 3 aromatic rings. The molecule has 2 aromatic heterocycles. The van der Waals surface area contributed by atoms with Crippen molar-refractivity contribution in [3.05, 3.63) is 42.4 Å². The van der Waals surface area contributed by atoms with Crippen molar-refractivity contribution in [2.45, 2.75) is 26.4 Å². The number of hydrogen-bond donors (Lipinski definition) is 0. The summed E-state index contributed by atoms with van der Waals surface area (Å²) in [6.07, 6.45) is 1.60. The molecule has 0 N–H and O–H groups in total. The van der Waals surface area contributed by atoms with Gasteiger partial charge in [0.2, 0.25) is 0 Å². The summed E-state index contributed by atoms with van der Waals surface area (Å²) in [5.74, 6) is -0.438. The minimum Gasteiger partial charge on any atom is -0.455 e. The van der Waals surface area contributed by atoms with Crippen molar-refractivity contribution in [2.24, 2.45) is 0 Å². The summed E-state index contributed by atoms with van der Waals surface area (Å²) in [4.78, 5) is 20.6. The van der Waals surface area contributed by atoms with E-state index in [1.165, 1.54) is 0 Å². The molecule has 0 fully saturated rings. The average molecular weight is 269 g/mol. The normalized spacial score (nSPS) is 11.9. The molecular formula is C15H15N3O2. The molecule has 0 saturated heterocycles. The van der Waals surface area contributed by atoms with Gasteiger partial charge in [-0.25, -0.2) is 14.8 Å². The summed E-state index contributed by atoms with van der Waals surface area (Å²) in [5, 5.41) is 0. The lowest BCUT2D eigenvalue weighted by molar-refractivity contribution is 0.00627. The second kappa shape index (κ2) is 4.30. The standard InChI is InChI=1S/C15H15N3O2/c1-15(2,3)20-14(19)11-8-13-17-10-6-4-5-7-12(10)18(13)9-16-11/h4-9H,1-3H3.